The normalized spacial score (nSPS) is 15.1. The Hall–Kier alpha value is -1.96. The highest BCUT2D eigenvalue weighted by Gasteiger charge is 2.27. The summed E-state index contributed by atoms with van der Waals surface area (Å²) in [5, 5.41) is 0.844. The monoisotopic (exact) mass is 418 g/mol. The van der Waals surface area contributed by atoms with Gasteiger partial charge in [-0.25, -0.2) is 4.98 Å². The van der Waals surface area contributed by atoms with Gasteiger partial charge in [-0.1, -0.05) is 11.6 Å². The fraction of sp³-hybridized carbons (Fsp3) is 0.316. The van der Waals surface area contributed by atoms with Crippen LogP contribution < -0.4 is 4.90 Å². The Morgan fingerprint density at radius 3 is 2.59 bits per heavy atom. The standard InChI is InChI=1S/C19H19ClN4OS2/c1-23(13-6-10-24(11-7-13)14-4-8-21-9-5-14)19(25)16-12-22-18(27-16)15-2-3-17(20)26-15/h2-5,8-9,12-13H,6-7,10-11H2,1H3. The third kappa shape index (κ3) is 4.00. The van der Waals surface area contributed by atoms with Crippen LogP contribution in [0.3, 0.4) is 0 Å². The van der Waals surface area contributed by atoms with Crippen molar-refractivity contribution in [3.63, 3.8) is 0 Å². The number of hydrogen-bond donors (Lipinski definition) is 0. The van der Waals surface area contributed by atoms with Crippen molar-refractivity contribution in [3.8, 4) is 9.88 Å². The van der Waals surface area contributed by atoms with Crippen molar-refractivity contribution in [3.05, 3.63) is 52.1 Å². The zero-order valence-corrected chi connectivity index (χ0v) is 17.2. The summed E-state index contributed by atoms with van der Waals surface area (Å²) in [6.07, 6.45) is 7.23. The van der Waals surface area contributed by atoms with Gasteiger partial charge in [-0.15, -0.1) is 22.7 Å². The Kier molecular flexibility index (Phi) is 5.43. The van der Waals surface area contributed by atoms with Crippen LogP contribution in [-0.2, 0) is 0 Å². The largest absolute Gasteiger partial charge is 0.371 e. The molecule has 140 valence electrons. The van der Waals surface area contributed by atoms with Crippen molar-refractivity contribution < 1.29 is 4.79 Å². The van der Waals surface area contributed by atoms with Crippen molar-refractivity contribution in [2.45, 2.75) is 18.9 Å². The zero-order chi connectivity index (χ0) is 18.8. The van der Waals surface area contributed by atoms with Crippen LogP contribution in [0.4, 0.5) is 5.69 Å². The van der Waals surface area contributed by atoms with E-state index in [0.29, 0.717) is 4.88 Å². The first-order valence-corrected chi connectivity index (χ1v) is 10.8. The van der Waals surface area contributed by atoms with Crippen LogP contribution in [0.5, 0.6) is 0 Å². The van der Waals surface area contributed by atoms with Crippen LogP contribution in [0.2, 0.25) is 4.34 Å². The van der Waals surface area contributed by atoms with E-state index in [9.17, 15) is 4.79 Å². The van der Waals surface area contributed by atoms with E-state index in [4.69, 9.17) is 11.6 Å². The van der Waals surface area contributed by atoms with Crippen LogP contribution in [-0.4, -0.2) is 47.0 Å². The van der Waals surface area contributed by atoms with Crippen LogP contribution >= 0.6 is 34.3 Å². The minimum atomic E-state index is 0.0452. The average Bonchev–Trinajstić information content (AvgIpc) is 3.37. The average molecular weight is 419 g/mol. The van der Waals surface area contributed by atoms with Gasteiger partial charge in [0.25, 0.3) is 5.91 Å². The van der Waals surface area contributed by atoms with Crippen LogP contribution in [0.25, 0.3) is 9.88 Å². The molecule has 27 heavy (non-hydrogen) atoms. The van der Waals surface area contributed by atoms with E-state index in [1.165, 1.54) is 28.4 Å². The summed E-state index contributed by atoms with van der Waals surface area (Å²) < 4.78 is 0.728. The molecule has 1 amide bonds. The minimum absolute atomic E-state index is 0.0452. The molecule has 4 rings (SSSR count). The second-order valence-electron chi connectivity index (χ2n) is 6.47. The molecule has 0 spiro atoms. The number of amides is 1. The number of rotatable bonds is 4. The minimum Gasteiger partial charge on any atom is -0.371 e. The number of pyridine rings is 1. The highest BCUT2D eigenvalue weighted by molar-refractivity contribution is 7.24. The molecule has 1 aliphatic rings. The molecule has 0 aliphatic carbocycles. The van der Waals surface area contributed by atoms with Gasteiger partial charge in [0.2, 0.25) is 0 Å². The number of anilines is 1. The van der Waals surface area contributed by atoms with E-state index in [0.717, 1.165) is 40.2 Å². The first-order valence-electron chi connectivity index (χ1n) is 8.75. The number of piperidine rings is 1. The molecule has 5 nitrogen and oxygen atoms in total. The summed E-state index contributed by atoms with van der Waals surface area (Å²) in [5.41, 5.74) is 1.19. The summed E-state index contributed by atoms with van der Waals surface area (Å²) in [6.45, 7) is 1.88. The molecule has 3 aromatic rings. The Bertz CT molecular complexity index is 919. The summed E-state index contributed by atoms with van der Waals surface area (Å²) >= 11 is 8.91. The lowest BCUT2D eigenvalue weighted by atomic mass is 10.0. The van der Waals surface area contributed by atoms with Gasteiger partial charge in [-0.3, -0.25) is 9.78 Å². The molecule has 0 aromatic carbocycles. The van der Waals surface area contributed by atoms with Crippen molar-refractivity contribution in [1.29, 1.82) is 0 Å². The Morgan fingerprint density at radius 2 is 1.93 bits per heavy atom. The highest BCUT2D eigenvalue weighted by Crippen LogP contribution is 2.34. The molecule has 0 N–H and O–H groups in total. The molecule has 1 saturated heterocycles. The molecule has 4 heterocycles. The number of hydrogen-bond acceptors (Lipinski definition) is 6. The predicted octanol–water partition coefficient (Wildman–Crippen LogP) is 4.66. The van der Waals surface area contributed by atoms with Crippen molar-refractivity contribution in [2.75, 3.05) is 25.0 Å². The Balaban J connectivity index is 1.39. The van der Waals surface area contributed by atoms with Gasteiger partial charge in [-0.05, 0) is 37.1 Å². The lowest BCUT2D eigenvalue weighted by Gasteiger charge is -2.37. The number of halogens is 1. The molecule has 1 aliphatic heterocycles. The molecule has 0 atom stereocenters. The molecule has 0 radical (unpaired) electrons. The van der Waals surface area contributed by atoms with Gasteiger partial charge >= 0.3 is 0 Å². The fourth-order valence-corrected chi connectivity index (χ4v) is 5.33. The van der Waals surface area contributed by atoms with E-state index in [2.05, 4.69) is 14.9 Å². The van der Waals surface area contributed by atoms with E-state index in [1.54, 1.807) is 6.20 Å². The summed E-state index contributed by atoms with van der Waals surface area (Å²) in [4.78, 5) is 27.3. The molecular formula is C19H19ClN4OS2. The first-order chi connectivity index (χ1) is 13.1. The number of nitrogens with zero attached hydrogens (tertiary/aromatic N) is 4. The van der Waals surface area contributed by atoms with E-state index >= 15 is 0 Å². The van der Waals surface area contributed by atoms with Crippen LogP contribution in [0.15, 0.2) is 42.9 Å². The summed E-state index contributed by atoms with van der Waals surface area (Å²) in [5.74, 6) is 0.0452. The van der Waals surface area contributed by atoms with E-state index in [1.807, 2.05) is 48.6 Å². The zero-order valence-electron chi connectivity index (χ0n) is 14.8. The quantitative estimate of drug-likeness (QED) is 0.618. The highest BCUT2D eigenvalue weighted by atomic mass is 35.5. The number of thiophene rings is 1. The number of thiazole rings is 1. The first kappa shape index (κ1) is 18.4. The number of carbonyl (C=O) groups is 1. The van der Waals surface area contributed by atoms with Crippen molar-refractivity contribution >= 4 is 45.9 Å². The third-order valence-corrected chi connectivity index (χ3v) is 7.25. The maximum Gasteiger partial charge on any atom is 0.265 e. The second-order valence-corrected chi connectivity index (χ2v) is 9.22. The van der Waals surface area contributed by atoms with E-state index < -0.39 is 0 Å². The smallest absolute Gasteiger partial charge is 0.265 e. The Morgan fingerprint density at radius 1 is 1.19 bits per heavy atom. The van der Waals surface area contributed by atoms with Gasteiger partial charge in [-0.2, -0.15) is 0 Å². The molecule has 1 fully saturated rings. The third-order valence-electron chi connectivity index (χ3n) is 4.86. The molecule has 0 saturated carbocycles. The molecule has 0 unspecified atom stereocenters. The van der Waals surface area contributed by atoms with Crippen molar-refractivity contribution in [2.24, 2.45) is 0 Å². The molecule has 8 heteroatoms. The lowest BCUT2D eigenvalue weighted by Crippen LogP contribution is -2.45. The van der Waals surface area contributed by atoms with Crippen LogP contribution in [0.1, 0.15) is 22.5 Å². The lowest BCUT2D eigenvalue weighted by molar-refractivity contribution is 0.0714. The molecule has 0 bridgehead atoms. The number of aromatic nitrogens is 2. The maximum atomic E-state index is 12.9. The topological polar surface area (TPSA) is 49.3 Å². The number of carbonyl (C=O) groups excluding carboxylic acids is 1. The second kappa shape index (κ2) is 7.96. The maximum absolute atomic E-state index is 12.9. The van der Waals surface area contributed by atoms with Gasteiger partial charge in [0.1, 0.15) is 9.88 Å². The summed E-state index contributed by atoms with van der Waals surface area (Å²) in [6, 6.07) is 8.11. The van der Waals surface area contributed by atoms with Crippen molar-refractivity contribution in [1.82, 2.24) is 14.9 Å². The van der Waals surface area contributed by atoms with Gasteiger partial charge < -0.3 is 9.80 Å². The van der Waals surface area contributed by atoms with Gasteiger partial charge in [0, 0.05) is 44.3 Å². The molecular weight excluding hydrogens is 400 g/mol. The van der Waals surface area contributed by atoms with Gasteiger partial charge in [0.05, 0.1) is 15.4 Å². The fourth-order valence-electron chi connectivity index (χ4n) is 3.32. The van der Waals surface area contributed by atoms with E-state index in [-0.39, 0.29) is 11.9 Å². The Labute approximate surface area is 171 Å². The summed E-state index contributed by atoms with van der Waals surface area (Å²) in [7, 11) is 1.90. The van der Waals surface area contributed by atoms with Crippen LogP contribution in [0, 0.1) is 0 Å². The predicted molar refractivity (Wildman–Crippen MR) is 112 cm³/mol. The SMILES string of the molecule is CN(C(=O)c1cnc(-c2ccc(Cl)s2)s1)C1CCN(c2ccncc2)CC1. The molecule has 3 aromatic heterocycles. The van der Waals surface area contributed by atoms with Gasteiger partial charge in [0.15, 0.2) is 0 Å².